The summed E-state index contributed by atoms with van der Waals surface area (Å²) in [5.74, 6) is 0.728. The van der Waals surface area contributed by atoms with Gasteiger partial charge in [0.2, 0.25) is 5.91 Å². The first-order valence-electron chi connectivity index (χ1n) is 11.8. The van der Waals surface area contributed by atoms with E-state index in [1.807, 2.05) is 53.2 Å². The Hall–Kier alpha value is -3.34. The third kappa shape index (κ3) is 3.86. The molecule has 5 rings (SSSR count). The predicted octanol–water partition coefficient (Wildman–Crippen LogP) is 4.85. The molecule has 0 bridgehead atoms. The average molecular weight is 443 g/mol. The topological polar surface area (TPSA) is 49.9 Å². The number of nitrogens with zero attached hydrogens (tertiary/aromatic N) is 2. The molecule has 1 aliphatic carbocycles. The fraction of sp³-hybridized carbons (Fsp3) is 0.357. The summed E-state index contributed by atoms with van der Waals surface area (Å²) in [6.07, 6.45) is 3.64. The van der Waals surface area contributed by atoms with Gasteiger partial charge in [-0.05, 0) is 54.3 Å². The van der Waals surface area contributed by atoms with Crippen LogP contribution in [0.2, 0.25) is 0 Å². The van der Waals surface area contributed by atoms with Crippen LogP contribution in [0.5, 0.6) is 5.75 Å². The number of benzene rings is 3. The molecule has 0 saturated carbocycles. The Morgan fingerprint density at radius 2 is 1.73 bits per heavy atom. The number of hydrogen-bond donors (Lipinski definition) is 0. The van der Waals surface area contributed by atoms with Gasteiger partial charge in [-0.15, -0.1) is 0 Å². The molecule has 1 heterocycles. The Morgan fingerprint density at radius 1 is 0.970 bits per heavy atom. The number of likely N-dealkylation sites (tertiary alicyclic amines) is 1. The van der Waals surface area contributed by atoms with E-state index < -0.39 is 0 Å². The van der Waals surface area contributed by atoms with E-state index in [0.29, 0.717) is 18.7 Å². The zero-order valence-corrected chi connectivity index (χ0v) is 19.3. The maximum absolute atomic E-state index is 13.5. The molecule has 5 heteroatoms. The molecule has 0 aromatic heterocycles. The minimum atomic E-state index is -0.162. The maximum atomic E-state index is 13.5. The molecule has 33 heavy (non-hydrogen) atoms. The van der Waals surface area contributed by atoms with Crippen LogP contribution in [-0.4, -0.2) is 48.9 Å². The molecule has 2 aliphatic rings. The summed E-state index contributed by atoms with van der Waals surface area (Å²) < 4.78 is 5.48. The van der Waals surface area contributed by atoms with Gasteiger partial charge in [-0.25, -0.2) is 0 Å². The minimum absolute atomic E-state index is 0.0137. The number of fused-ring (bicyclic) bond motifs is 2. The molecule has 1 saturated heterocycles. The number of hydrogen-bond acceptors (Lipinski definition) is 3. The van der Waals surface area contributed by atoms with E-state index in [-0.39, 0.29) is 23.8 Å². The van der Waals surface area contributed by atoms with Crippen LogP contribution in [-0.2, 0) is 11.2 Å². The second-order valence-electron chi connectivity index (χ2n) is 9.15. The molecule has 2 amide bonds. The molecule has 2 atom stereocenters. The summed E-state index contributed by atoms with van der Waals surface area (Å²) in [6, 6.07) is 20.1. The maximum Gasteiger partial charge on any atom is 0.254 e. The van der Waals surface area contributed by atoms with Crippen molar-refractivity contribution in [2.24, 2.45) is 5.92 Å². The molecule has 0 N–H and O–H groups in total. The van der Waals surface area contributed by atoms with Gasteiger partial charge in [0.1, 0.15) is 5.75 Å². The van der Waals surface area contributed by atoms with E-state index in [1.165, 1.54) is 11.1 Å². The van der Waals surface area contributed by atoms with Crippen LogP contribution < -0.4 is 4.74 Å². The van der Waals surface area contributed by atoms with Crippen molar-refractivity contribution in [3.63, 3.8) is 0 Å². The van der Waals surface area contributed by atoms with Crippen molar-refractivity contribution >= 4 is 22.6 Å². The van der Waals surface area contributed by atoms with Crippen molar-refractivity contribution < 1.29 is 14.3 Å². The van der Waals surface area contributed by atoms with E-state index in [2.05, 4.69) is 24.3 Å². The van der Waals surface area contributed by atoms with Gasteiger partial charge in [0.05, 0.1) is 19.1 Å². The van der Waals surface area contributed by atoms with Crippen molar-refractivity contribution in [2.75, 3.05) is 27.2 Å². The Bertz CT molecular complexity index is 1200. The predicted molar refractivity (Wildman–Crippen MR) is 129 cm³/mol. The number of ether oxygens (including phenoxy) is 1. The Balaban J connectivity index is 1.35. The number of rotatable bonds is 4. The highest BCUT2D eigenvalue weighted by Crippen LogP contribution is 2.36. The highest BCUT2D eigenvalue weighted by molar-refractivity contribution is 6.08. The molecule has 2 unspecified atom stereocenters. The Morgan fingerprint density at radius 3 is 2.55 bits per heavy atom. The van der Waals surface area contributed by atoms with E-state index in [1.54, 1.807) is 7.11 Å². The molecule has 5 nitrogen and oxygen atoms in total. The fourth-order valence-electron chi connectivity index (χ4n) is 5.55. The highest BCUT2D eigenvalue weighted by Gasteiger charge is 2.35. The van der Waals surface area contributed by atoms with Crippen LogP contribution >= 0.6 is 0 Å². The second kappa shape index (κ2) is 8.89. The van der Waals surface area contributed by atoms with E-state index in [4.69, 9.17) is 4.74 Å². The lowest BCUT2D eigenvalue weighted by atomic mass is 9.94. The SMILES string of the molecule is COc1ccc(C(=O)N2CCCC(C(=O)N(C)C3CCc4ccccc43)C2)c2ccccc12. The quantitative estimate of drug-likeness (QED) is 0.581. The molecule has 1 aliphatic heterocycles. The zero-order chi connectivity index (χ0) is 22.9. The molecule has 170 valence electrons. The first kappa shape index (κ1) is 21.5. The summed E-state index contributed by atoms with van der Waals surface area (Å²) >= 11 is 0. The standard InChI is InChI=1S/C28H30N2O3/c1-29(25-15-13-19-8-3-4-10-21(19)25)27(31)20-9-7-17-30(18-20)28(32)24-14-16-26(33-2)23-12-6-5-11-22(23)24/h3-6,8,10-12,14,16,20,25H,7,9,13,15,17-18H2,1-2H3. The Kier molecular flexibility index (Phi) is 5.79. The first-order chi connectivity index (χ1) is 16.1. The monoisotopic (exact) mass is 442 g/mol. The highest BCUT2D eigenvalue weighted by atomic mass is 16.5. The summed E-state index contributed by atoms with van der Waals surface area (Å²) in [5, 5.41) is 1.81. The summed E-state index contributed by atoms with van der Waals surface area (Å²) in [4.78, 5) is 30.8. The van der Waals surface area contributed by atoms with Gasteiger partial charge in [-0.1, -0.05) is 48.5 Å². The van der Waals surface area contributed by atoms with Crippen molar-refractivity contribution in [1.82, 2.24) is 9.80 Å². The van der Waals surface area contributed by atoms with Crippen molar-refractivity contribution in [3.05, 3.63) is 77.4 Å². The largest absolute Gasteiger partial charge is 0.496 e. The van der Waals surface area contributed by atoms with Crippen LogP contribution in [0.1, 0.15) is 46.8 Å². The van der Waals surface area contributed by atoms with Gasteiger partial charge < -0.3 is 14.5 Å². The van der Waals surface area contributed by atoms with Gasteiger partial charge in [0, 0.05) is 31.1 Å². The van der Waals surface area contributed by atoms with Crippen molar-refractivity contribution in [1.29, 1.82) is 0 Å². The van der Waals surface area contributed by atoms with Gasteiger partial charge in [-0.3, -0.25) is 9.59 Å². The van der Waals surface area contributed by atoms with E-state index in [0.717, 1.165) is 42.2 Å². The van der Waals surface area contributed by atoms with Gasteiger partial charge in [-0.2, -0.15) is 0 Å². The minimum Gasteiger partial charge on any atom is -0.496 e. The number of carbonyl (C=O) groups excluding carboxylic acids is 2. The lowest BCUT2D eigenvalue weighted by Gasteiger charge is -2.36. The third-order valence-corrected chi connectivity index (χ3v) is 7.31. The molecule has 1 fully saturated rings. The van der Waals surface area contributed by atoms with Crippen LogP contribution in [0.15, 0.2) is 60.7 Å². The third-order valence-electron chi connectivity index (χ3n) is 7.31. The fourth-order valence-corrected chi connectivity index (χ4v) is 5.55. The summed E-state index contributed by atoms with van der Waals surface area (Å²) in [6.45, 7) is 1.15. The lowest BCUT2D eigenvalue weighted by Crippen LogP contribution is -2.46. The van der Waals surface area contributed by atoms with Crippen molar-refractivity contribution in [3.8, 4) is 5.75 Å². The van der Waals surface area contributed by atoms with Crippen LogP contribution in [0.4, 0.5) is 0 Å². The smallest absolute Gasteiger partial charge is 0.254 e. The van der Waals surface area contributed by atoms with E-state index >= 15 is 0 Å². The molecular formula is C28H30N2O3. The average Bonchev–Trinajstić information content (AvgIpc) is 3.31. The number of piperidine rings is 1. The number of amides is 2. The molecule has 3 aromatic carbocycles. The summed E-state index contributed by atoms with van der Waals surface area (Å²) in [7, 11) is 3.57. The Labute approximate surface area is 194 Å². The van der Waals surface area contributed by atoms with Crippen molar-refractivity contribution in [2.45, 2.75) is 31.7 Å². The van der Waals surface area contributed by atoms with Crippen LogP contribution in [0.3, 0.4) is 0 Å². The molecule has 3 aromatic rings. The molecular weight excluding hydrogens is 412 g/mol. The number of carbonyl (C=O) groups is 2. The van der Waals surface area contributed by atoms with Crippen LogP contribution in [0.25, 0.3) is 10.8 Å². The van der Waals surface area contributed by atoms with Gasteiger partial charge >= 0.3 is 0 Å². The molecule has 0 radical (unpaired) electrons. The zero-order valence-electron chi connectivity index (χ0n) is 19.3. The number of methoxy groups -OCH3 is 1. The summed E-state index contributed by atoms with van der Waals surface area (Å²) in [5.41, 5.74) is 3.27. The molecule has 0 spiro atoms. The van der Waals surface area contributed by atoms with Gasteiger partial charge in [0.15, 0.2) is 0 Å². The van der Waals surface area contributed by atoms with E-state index in [9.17, 15) is 9.59 Å². The normalized spacial score (nSPS) is 19.9. The van der Waals surface area contributed by atoms with Crippen LogP contribution in [0, 0.1) is 5.92 Å². The first-order valence-corrected chi connectivity index (χ1v) is 11.8. The lowest BCUT2D eigenvalue weighted by molar-refractivity contribution is -0.137. The second-order valence-corrected chi connectivity index (χ2v) is 9.15. The van der Waals surface area contributed by atoms with Gasteiger partial charge in [0.25, 0.3) is 5.91 Å². The number of aryl methyl sites for hydroxylation is 1.